The highest BCUT2D eigenvalue weighted by atomic mass is 16.4. The Morgan fingerprint density at radius 3 is 2.54 bits per heavy atom. The van der Waals surface area contributed by atoms with Crippen molar-refractivity contribution < 1.29 is 24.3 Å². The Hall–Kier alpha value is -2.12. The lowest BCUT2D eigenvalue weighted by Crippen LogP contribution is -2.54. The van der Waals surface area contributed by atoms with Crippen molar-refractivity contribution in [1.29, 1.82) is 0 Å². The number of carbonyl (C=O) groups is 4. The van der Waals surface area contributed by atoms with E-state index in [0.717, 1.165) is 11.3 Å². The zero-order valence-corrected chi connectivity index (χ0v) is 14.5. The molecule has 0 aromatic heterocycles. The molecular weight excluding hydrogens is 314 g/mol. The highest BCUT2D eigenvalue weighted by Gasteiger charge is 2.56. The molecule has 2 unspecified atom stereocenters. The third-order valence-electron chi connectivity index (χ3n) is 4.67. The first-order valence-electron chi connectivity index (χ1n) is 8.12. The van der Waals surface area contributed by atoms with Crippen LogP contribution in [0.25, 0.3) is 0 Å². The summed E-state index contributed by atoms with van der Waals surface area (Å²) in [5.41, 5.74) is -1.05. The summed E-state index contributed by atoms with van der Waals surface area (Å²) >= 11 is 0. The second kappa shape index (κ2) is 6.07. The minimum absolute atomic E-state index is 0.0866. The minimum atomic E-state index is -1.18. The van der Waals surface area contributed by atoms with Crippen molar-refractivity contribution in [3.05, 3.63) is 0 Å². The van der Waals surface area contributed by atoms with E-state index in [9.17, 15) is 19.2 Å². The second-order valence-electron chi connectivity index (χ2n) is 7.89. The van der Waals surface area contributed by atoms with Crippen LogP contribution >= 0.6 is 0 Å². The van der Waals surface area contributed by atoms with Gasteiger partial charge in [-0.3, -0.25) is 19.3 Å². The predicted octanol–water partition coefficient (Wildman–Crippen LogP) is 0.713. The van der Waals surface area contributed by atoms with E-state index in [-0.39, 0.29) is 11.3 Å². The molecule has 1 aliphatic heterocycles. The van der Waals surface area contributed by atoms with E-state index in [4.69, 9.17) is 5.11 Å². The molecule has 0 aromatic rings. The number of hydrogen-bond acceptors (Lipinski definition) is 4. The lowest BCUT2D eigenvalue weighted by Gasteiger charge is -2.43. The fraction of sp³-hybridized carbons (Fsp3) is 0.750. The van der Waals surface area contributed by atoms with Gasteiger partial charge in [-0.2, -0.15) is 0 Å². The van der Waals surface area contributed by atoms with Gasteiger partial charge in [-0.15, -0.1) is 0 Å². The molecule has 8 heteroatoms. The molecule has 1 spiro atoms. The summed E-state index contributed by atoms with van der Waals surface area (Å²) in [4.78, 5) is 48.6. The number of nitrogens with one attached hydrogen (secondary N) is 2. The predicted molar refractivity (Wildman–Crippen MR) is 85.0 cm³/mol. The Morgan fingerprint density at radius 1 is 1.38 bits per heavy atom. The van der Waals surface area contributed by atoms with E-state index in [1.165, 1.54) is 6.92 Å². The number of urea groups is 1. The standard InChI is InChI=1S/C16H25N3O5/c1-9-5-15(3,4)8-16(6-9)13(23)19(14(24)18-16)7-11(20)17-10(2)12(21)22/h9-10H,5-8H2,1-4H3,(H,17,20)(H,18,24)(H,21,22)/t9?,10-,16?/m1/s1. The molecule has 2 aliphatic rings. The average Bonchev–Trinajstić information content (AvgIpc) is 2.60. The highest BCUT2D eigenvalue weighted by Crippen LogP contribution is 2.46. The maximum absolute atomic E-state index is 12.8. The number of carboxylic acid groups (broad SMARTS) is 1. The van der Waals surface area contributed by atoms with Gasteiger partial charge in [0.05, 0.1) is 0 Å². The maximum Gasteiger partial charge on any atom is 0.325 e. The van der Waals surface area contributed by atoms with Gasteiger partial charge in [0.2, 0.25) is 5.91 Å². The molecule has 0 radical (unpaired) electrons. The van der Waals surface area contributed by atoms with E-state index in [1.807, 2.05) is 6.92 Å². The van der Waals surface area contributed by atoms with Crippen molar-refractivity contribution in [2.75, 3.05) is 6.54 Å². The molecular formula is C16H25N3O5. The van der Waals surface area contributed by atoms with Gasteiger partial charge in [-0.1, -0.05) is 20.8 Å². The van der Waals surface area contributed by atoms with Gasteiger partial charge in [0.15, 0.2) is 0 Å². The fourth-order valence-corrected chi connectivity index (χ4v) is 4.14. The molecule has 0 aromatic carbocycles. The average molecular weight is 339 g/mol. The van der Waals surface area contributed by atoms with Gasteiger partial charge in [0, 0.05) is 0 Å². The van der Waals surface area contributed by atoms with E-state index in [0.29, 0.717) is 12.8 Å². The summed E-state index contributed by atoms with van der Waals surface area (Å²) in [6.45, 7) is 7.02. The number of hydrogen-bond donors (Lipinski definition) is 3. The van der Waals surface area contributed by atoms with Crippen molar-refractivity contribution in [2.45, 2.75) is 58.5 Å². The molecule has 1 saturated heterocycles. The van der Waals surface area contributed by atoms with E-state index < -0.39 is 41.9 Å². The Kier molecular flexibility index (Phi) is 4.61. The van der Waals surface area contributed by atoms with Gasteiger partial charge < -0.3 is 15.7 Å². The topological polar surface area (TPSA) is 116 Å². The number of imide groups is 1. The fourth-order valence-electron chi connectivity index (χ4n) is 4.14. The summed E-state index contributed by atoms with van der Waals surface area (Å²) in [5.74, 6) is -1.97. The quantitative estimate of drug-likeness (QED) is 0.653. The van der Waals surface area contributed by atoms with Crippen LogP contribution in [0.15, 0.2) is 0 Å². The minimum Gasteiger partial charge on any atom is -0.480 e. The van der Waals surface area contributed by atoms with Crippen LogP contribution in [-0.4, -0.2) is 51.9 Å². The van der Waals surface area contributed by atoms with Gasteiger partial charge in [0.1, 0.15) is 18.1 Å². The van der Waals surface area contributed by atoms with E-state index in [1.54, 1.807) is 0 Å². The number of rotatable bonds is 4. The number of amides is 4. The summed E-state index contributed by atoms with van der Waals surface area (Å²) in [6.07, 6.45) is 2.04. The van der Waals surface area contributed by atoms with E-state index in [2.05, 4.69) is 24.5 Å². The van der Waals surface area contributed by atoms with Gasteiger partial charge in [-0.25, -0.2) is 4.79 Å². The molecule has 134 valence electrons. The molecule has 1 saturated carbocycles. The smallest absolute Gasteiger partial charge is 0.325 e. The highest BCUT2D eigenvalue weighted by molar-refractivity contribution is 6.09. The SMILES string of the molecule is CC1CC(C)(C)CC2(C1)NC(=O)N(CC(=O)N[C@H](C)C(=O)O)C2=O. The number of carboxylic acids is 1. The monoisotopic (exact) mass is 339 g/mol. The third-order valence-corrected chi connectivity index (χ3v) is 4.67. The van der Waals surface area contributed by atoms with Gasteiger partial charge in [0.25, 0.3) is 5.91 Å². The van der Waals surface area contributed by atoms with Crippen LogP contribution in [0.5, 0.6) is 0 Å². The normalized spacial score (nSPS) is 30.2. The molecule has 2 rings (SSSR count). The third kappa shape index (κ3) is 3.52. The molecule has 2 fully saturated rings. The van der Waals surface area contributed by atoms with Crippen LogP contribution in [0.1, 0.15) is 47.0 Å². The largest absolute Gasteiger partial charge is 0.480 e. The first-order valence-corrected chi connectivity index (χ1v) is 8.12. The van der Waals surface area contributed by atoms with Crippen LogP contribution in [-0.2, 0) is 14.4 Å². The number of nitrogens with zero attached hydrogens (tertiary/aromatic N) is 1. The molecule has 4 amide bonds. The molecule has 24 heavy (non-hydrogen) atoms. The van der Waals surface area contributed by atoms with Gasteiger partial charge in [-0.05, 0) is 37.5 Å². The molecule has 3 atom stereocenters. The zero-order valence-electron chi connectivity index (χ0n) is 14.5. The number of aliphatic carboxylic acids is 1. The second-order valence-corrected chi connectivity index (χ2v) is 7.89. The Bertz CT molecular complexity index is 588. The molecule has 1 heterocycles. The van der Waals surface area contributed by atoms with Crippen LogP contribution in [0, 0.1) is 11.3 Å². The maximum atomic E-state index is 12.8. The van der Waals surface area contributed by atoms with Crippen molar-refractivity contribution in [3.8, 4) is 0 Å². The molecule has 8 nitrogen and oxygen atoms in total. The van der Waals surface area contributed by atoms with Crippen LogP contribution < -0.4 is 10.6 Å². The Morgan fingerprint density at radius 2 is 2.00 bits per heavy atom. The van der Waals surface area contributed by atoms with Crippen LogP contribution in [0.4, 0.5) is 4.79 Å². The van der Waals surface area contributed by atoms with Gasteiger partial charge >= 0.3 is 12.0 Å². The van der Waals surface area contributed by atoms with Crippen molar-refractivity contribution in [2.24, 2.45) is 11.3 Å². The summed E-state index contributed by atoms with van der Waals surface area (Å²) in [6, 6.07) is -1.68. The van der Waals surface area contributed by atoms with E-state index >= 15 is 0 Å². The lowest BCUT2D eigenvalue weighted by molar-refractivity contribution is -0.142. The van der Waals surface area contributed by atoms with Crippen molar-refractivity contribution >= 4 is 23.8 Å². The first kappa shape index (κ1) is 18.2. The number of carbonyl (C=O) groups excluding carboxylic acids is 3. The van der Waals surface area contributed by atoms with Crippen molar-refractivity contribution in [1.82, 2.24) is 15.5 Å². The summed E-state index contributed by atoms with van der Waals surface area (Å²) < 4.78 is 0. The first-order chi connectivity index (χ1) is 11.0. The summed E-state index contributed by atoms with van der Waals surface area (Å²) in [7, 11) is 0. The van der Waals surface area contributed by atoms with Crippen molar-refractivity contribution in [3.63, 3.8) is 0 Å². The van der Waals surface area contributed by atoms with Crippen LogP contribution in [0.2, 0.25) is 0 Å². The molecule has 1 aliphatic carbocycles. The molecule has 3 N–H and O–H groups in total. The molecule has 0 bridgehead atoms. The Labute approximate surface area is 141 Å². The summed E-state index contributed by atoms with van der Waals surface area (Å²) in [5, 5.41) is 13.8. The Balaban J connectivity index is 2.11. The van der Waals surface area contributed by atoms with Crippen LogP contribution in [0.3, 0.4) is 0 Å². The zero-order chi connectivity index (χ0) is 18.3. The lowest BCUT2D eigenvalue weighted by atomic mass is 9.64.